The monoisotopic (exact) mass is 256 g/mol. The number of benzene rings is 2. The lowest BCUT2D eigenvalue weighted by Gasteiger charge is -2.11. The van der Waals surface area contributed by atoms with E-state index < -0.39 is 6.10 Å². The van der Waals surface area contributed by atoms with Crippen LogP contribution in [-0.4, -0.2) is 17.7 Å². The fourth-order valence-electron chi connectivity index (χ4n) is 1.84. The summed E-state index contributed by atoms with van der Waals surface area (Å²) in [6.45, 7) is 2.12. The van der Waals surface area contributed by atoms with Gasteiger partial charge in [0.2, 0.25) is 0 Å². The molecular weight excluding hydrogens is 240 g/mol. The highest BCUT2D eigenvalue weighted by Crippen LogP contribution is 2.21. The molecule has 3 nitrogen and oxygen atoms in total. The summed E-state index contributed by atoms with van der Waals surface area (Å²) < 4.78 is 4.91. The molecule has 2 rings (SSSR count). The van der Waals surface area contributed by atoms with Gasteiger partial charge in [-0.05, 0) is 30.2 Å². The van der Waals surface area contributed by atoms with E-state index in [-0.39, 0.29) is 5.97 Å². The lowest BCUT2D eigenvalue weighted by molar-refractivity contribution is 0.0526. The maximum Gasteiger partial charge on any atom is 0.338 e. The average molecular weight is 256 g/mol. The smallest absolute Gasteiger partial charge is 0.338 e. The molecule has 0 amide bonds. The van der Waals surface area contributed by atoms with Gasteiger partial charge in [0.25, 0.3) is 0 Å². The van der Waals surface area contributed by atoms with Crippen molar-refractivity contribution in [3.8, 4) is 0 Å². The number of ether oxygens (including phenoxy) is 1. The average Bonchev–Trinajstić information content (AvgIpc) is 2.48. The van der Waals surface area contributed by atoms with Gasteiger partial charge in [0, 0.05) is 0 Å². The van der Waals surface area contributed by atoms with Crippen LogP contribution in [0.1, 0.15) is 34.5 Å². The van der Waals surface area contributed by atoms with Crippen LogP contribution in [0.4, 0.5) is 0 Å². The first-order valence-corrected chi connectivity index (χ1v) is 6.22. The number of aliphatic hydroxyl groups excluding tert-OH is 1. The SMILES string of the molecule is CCOC(=O)c1ccc([C@H](O)c2ccccc2)cc1. The molecule has 0 saturated heterocycles. The van der Waals surface area contributed by atoms with E-state index >= 15 is 0 Å². The van der Waals surface area contributed by atoms with Crippen molar-refractivity contribution < 1.29 is 14.6 Å². The Balaban J connectivity index is 2.16. The van der Waals surface area contributed by atoms with E-state index in [1.165, 1.54) is 0 Å². The molecule has 0 aliphatic rings. The quantitative estimate of drug-likeness (QED) is 0.855. The van der Waals surface area contributed by atoms with Crippen molar-refractivity contribution in [2.75, 3.05) is 6.61 Å². The van der Waals surface area contributed by atoms with Crippen LogP contribution in [0.25, 0.3) is 0 Å². The molecule has 2 aromatic rings. The Morgan fingerprint density at radius 1 is 1.05 bits per heavy atom. The number of hydrogen-bond acceptors (Lipinski definition) is 3. The molecule has 0 aliphatic heterocycles. The van der Waals surface area contributed by atoms with Gasteiger partial charge in [0.15, 0.2) is 0 Å². The van der Waals surface area contributed by atoms with Crippen LogP contribution in [-0.2, 0) is 4.74 Å². The third-order valence-corrected chi connectivity index (χ3v) is 2.85. The number of hydrogen-bond donors (Lipinski definition) is 1. The zero-order valence-electron chi connectivity index (χ0n) is 10.7. The molecular formula is C16H16O3. The first kappa shape index (κ1) is 13.3. The van der Waals surface area contributed by atoms with Gasteiger partial charge < -0.3 is 9.84 Å². The van der Waals surface area contributed by atoms with Crippen molar-refractivity contribution in [3.05, 3.63) is 71.3 Å². The molecule has 0 spiro atoms. The number of esters is 1. The van der Waals surface area contributed by atoms with Crippen molar-refractivity contribution >= 4 is 5.97 Å². The summed E-state index contributed by atoms with van der Waals surface area (Å²) in [6, 6.07) is 16.2. The zero-order valence-corrected chi connectivity index (χ0v) is 10.7. The fraction of sp³-hybridized carbons (Fsp3) is 0.188. The summed E-state index contributed by atoms with van der Waals surface area (Å²) in [5.74, 6) is -0.344. The highest BCUT2D eigenvalue weighted by Gasteiger charge is 2.11. The molecule has 0 bridgehead atoms. The normalized spacial score (nSPS) is 11.9. The van der Waals surface area contributed by atoms with Gasteiger partial charge in [-0.2, -0.15) is 0 Å². The van der Waals surface area contributed by atoms with Crippen LogP contribution >= 0.6 is 0 Å². The minimum absolute atomic E-state index is 0.344. The van der Waals surface area contributed by atoms with Crippen molar-refractivity contribution in [2.45, 2.75) is 13.0 Å². The van der Waals surface area contributed by atoms with E-state index in [1.807, 2.05) is 30.3 Å². The topological polar surface area (TPSA) is 46.5 Å². The van der Waals surface area contributed by atoms with Gasteiger partial charge in [-0.3, -0.25) is 0 Å². The van der Waals surface area contributed by atoms with Gasteiger partial charge in [0.1, 0.15) is 6.10 Å². The molecule has 0 heterocycles. The lowest BCUT2D eigenvalue weighted by Crippen LogP contribution is -2.05. The van der Waals surface area contributed by atoms with Gasteiger partial charge in [-0.15, -0.1) is 0 Å². The number of aliphatic hydroxyl groups is 1. The molecule has 98 valence electrons. The summed E-state index contributed by atoms with van der Waals surface area (Å²) in [7, 11) is 0. The first-order chi connectivity index (χ1) is 9.22. The summed E-state index contributed by atoms with van der Waals surface area (Å²) in [5.41, 5.74) is 2.07. The Bertz CT molecular complexity index is 532. The molecule has 0 radical (unpaired) electrons. The standard InChI is InChI=1S/C16H16O3/c1-2-19-16(18)14-10-8-13(9-11-14)15(17)12-6-4-3-5-7-12/h3-11,15,17H,2H2,1H3/t15-/m1/s1. The van der Waals surface area contributed by atoms with Gasteiger partial charge in [0.05, 0.1) is 12.2 Å². The van der Waals surface area contributed by atoms with E-state index in [2.05, 4.69) is 0 Å². The predicted molar refractivity (Wildman–Crippen MR) is 72.9 cm³/mol. The Morgan fingerprint density at radius 2 is 1.63 bits per heavy atom. The van der Waals surface area contributed by atoms with Crippen molar-refractivity contribution in [2.24, 2.45) is 0 Å². The maximum atomic E-state index is 11.5. The van der Waals surface area contributed by atoms with E-state index in [1.54, 1.807) is 31.2 Å². The van der Waals surface area contributed by atoms with Crippen LogP contribution in [0, 0.1) is 0 Å². The molecule has 0 saturated carbocycles. The van der Waals surface area contributed by atoms with Gasteiger partial charge >= 0.3 is 5.97 Å². The second kappa shape index (κ2) is 6.16. The van der Waals surface area contributed by atoms with E-state index in [4.69, 9.17) is 4.74 Å². The zero-order chi connectivity index (χ0) is 13.7. The van der Waals surface area contributed by atoms with Crippen LogP contribution in [0.5, 0.6) is 0 Å². The summed E-state index contributed by atoms with van der Waals surface area (Å²) in [6.07, 6.45) is -0.683. The molecule has 0 unspecified atom stereocenters. The van der Waals surface area contributed by atoms with Crippen LogP contribution in [0.3, 0.4) is 0 Å². The number of carbonyl (C=O) groups is 1. The highest BCUT2D eigenvalue weighted by molar-refractivity contribution is 5.89. The second-order valence-corrected chi connectivity index (χ2v) is 4.16. The largest absolute Gasteiger partial charge is 0.462 e. The minimum atomic E-state index is -0.683. The fourth-order valence-corrected chi connectivity index (χ4v) is 1.84. The number of rotatable bonds is 4. The van der Waals surface area contributed by atoms with Crippen molar-refractivity contribution in [3.63, 3.8) is 0 Å². The molecule has 2 aromatic carbocycles. The second-order valence-electron chi connectivity index (χ2n) is 4.16. The van der Waals surface area contributed by atoms with Gasteiger partial charge in [-0.25, -0.2) is 4.79 Å². The lowest BCUT2D eigenvalue weighted by atomic mass is 10.0. The summed E-state index contributed by atoms with van der Waals surface area (Å²) in [5, 5.41) is 10.2. The van der Waals surface area contributed by atoms with Crippen LogP contribution in [0.15, 0.2) is 54.6 Å². The predicted octanol–water partition coefficient (Wildman–Crippen LogP) is 2.95. The van der Waals surface area contributed by atoms with Gasteiger partial charge in [-0.1, -0.05) is 42.5 Å². The Labute approximate surface area is 112 Å². The van der Waals surface area contributed by atoms with Crippen LogP contribution < -0.4 is 0 Å². The minimum Gasteiger partial charge on any atom is -0.462 e. The molecule has 0 aromatic heterocycles. The Hall–Kier alpha value is -2.13. The highest BCUT2D eigenvalue weighted by atomic mass is 16.5. The summed E-state index contributed by atoms with van der Waals surface area (Å²) in [4.78, 5) is 11.5. The van der Waals surface area contributed by atoms with E-state index in [0.29, 0.717) is 12.2 Å². The maximum absolute atomic E-state index is 11.5. The van der Waals surface area contributed by atoms with Crippen molar-refractivity contribution in [1.82, 2.24) is 0 Å². The van der Waals surface area contributed by atoms with Crippen molar-refractivity contribution in [1.29, 1.82) is 0 Å². The third-order valence-electron chi connectivity index (χ3n) is 2.85. The molecule has 19 heavy (non-hydrogen) atoms. The third kappa shape index (κ3) is 3.20. The Morgan fingerprint density at radius 3 is 2.21 bits per heavy atom. The molecule has 0 aliphatic carbocycles. The van der Waals surface area contributed by atoms with Crippen LogP contribution in [0.2, 0.25) is 0 Å². The molecule has 1 atom stereocenters. The molecule has 0 fully saturated rings. The molecule has 1 N–H and O–H groups in total. The first-order valence-electron chi connectivity index (χ1n) is 6.22. The van der Waals surface area contributed by atoms with E-state index in [0.717, 1.165) is 11.1 Å². The Kier molecular flexibility index (Phi) is 4.31. The molecule has 3 heteroatoms. The number of carbonyl (C=O) groups excluding carboxylic acids is 1. The van der Waals surface area contributed by atoms with E-state index in [9.17, 15) is 9.90 Å². The summed E-state index contributed by atoms with van der Waals surface area (Å²) >= 11 is 0.